The number of aliphatic hydroxyl groups excluding tert-OH is 1. The van der Waals surface area contributed by atoms with Gasteiger partial charge < -0.3 is 5.11 Å². The Morgan fingerprint density at radius 2 is 2.00 bits per heavy atom. The minimum atomic E-state index is -0.0886. The molecule has 0 amide bonds. The van der Waals surface area contributed by atoms with Crippen LogP contribution in [0, 0.1) is 12.8 Å². The van der Waals surface area contributed by atoms with E-state index in [0.717, 1.165) is 32.5 Å². The Morgan fingerprint density at radius 1 is 1.29 bits per heavy atom. The van der Waals surface area contributed by atoms with Crippen LogP contribution in [-0.4, -0.2) is 29.2 Å². The number of piperidine rings is 1. The van der Waals surface area contributed by atoms with Gasteiger partial charge in [-0.2, -0.15) is 0 Å². The molecule has 1 heterocycles. The van der Waals surface area contributed by atoms with Crippen LogP contribution in [0.1, 0.15) is 30.9 Å². The lowest BCUT2D eigenvalue weighted by Gasteiger charge is -2.35. The highest BCUT2D eigenvalue weighted by Gasteiger charge is 2.25. The first-order valence-corrected chi connectivity index (χ1v) is 6.65. The predicted molar refractivity (Wildman–Crippen MR) is 70.9 cm³/mol. The van der Waals surface area contributed by atoms with E-state index in [1.807, 2.05) is 0 Å². The highest BCUT2D eigenvalue weighted by molar-refractivity contribution is 5.21. The summed E-state index contributed by atoms with van der Waals surface area (Å²) in [5, 5.41) is 9.86. The normalized spacial score (nSPS) is 26.1. The second kappa shape index (κ2) is 5.65. The average molecular weight is 233 g/mol. The summed E-state index contributed by atoms with van der Waals surface area (Å²) in [6, 6.07) is 8.76. The van der Waals surface area contributed by atoms with Crippen LogP contribution in [0.4, 0.5) is 0 Å². The van der Waals surface area contributed by atoms with Crippen molar-refractivity contribution in [2.75, 3.05) is 13.1 Å². The Morgan fingerprint density at radius 3 is 2.65 bits per heavy atom. The molecule has 0 spiro atoms. The maximum atomic E-state index is 9.86. The Kier molecular flexibility index (Phi) is 4.19. The maximum Gasteiger partial charge on any atom is 0.0592 e. The lowest BCUT2D eigenvalue weighted by molar-refractivity contribution is 0.0222. The van der Waals surface area contributed by atoms with Crippen LogP contribution in [-0.2, 0) is 6.54 Å². The van der Waals surface area contributed by atoms with E-state index in [2.05, 4.69) is 43.0 Å². The minimum Gasteiger partial charge on any atom is -0.393 e. The van der Waals surface area contributed by atoms with Crippen molar-refractivity contribution in [3.8, 4) is 0 Å². The fraction of sp³-hybridized carbons (Fsp3) is 0.600. The topological polar surface area (TPSA) is 23.5 Å². The second-order valence-electron chi connectivity index (χ2n) is 5.25. The first-order valence-electron chi connectivity index (χ1n) is 6.65. The standard InChI is InChI=1S/C15H23NO/c1-3-14-11-16(9-8-15(14)17)10-13-6-4-12(2)5-7-13/h4-7,14-15,17H,3,8-11H2,1-2H3. The molecule has 0 aromatic heterocycles. The molecule has 1 aliphatic rings. The molecule has 1 aromatic carbocycles. The minimum absolute atomic E-state index is 0.0886. The fourth-order valence-electron chi connectivity index (χ4n) is 2.59. The largest absolute Gasteiger partial charge is 0.393 e. The molecule has 0 aliphatic carbocycles. The molecule has 2 nitrogen and oxygen atoms in total. The first kappa shape index (κ1) is 12.6. The Labute approximate surface area is 104 Å². The second-order valence-corrected chi connectivity index (χ2v) is 5.25. The van der Waals surface area contributed by atoms with Crippen molar-refractivity contribution >= 4 is 0 Å². The molecule has 17 heavy (non-hydrogen) atoms. The number of aryl methyl sites for hydroxylation is 1. The predicted octanol–water partition coefficient (Wildman–Crippen LogP) is 2.59. The number of hydrogen-bond donors (Lipinski definition) is 1. The molecular formula is C15H23NO. The number of rotatable bonds is 3. The highest BCUT2D eigenvalue weighted by atomic mass is 16.3. The van der Waals surface area contributed by atoms with Gasteiger partial charge in [-0.05, 0) is 31.2 Å². The van der Waals surface area contributed by atoms with Crippen molar-refractivity contribution in [3.05, 3.63) is 35.4 Å². The summed E-state index contributed by atoms with van der Waals surface area (Å²) in [6.45, 7) is 7.36. The average Bonchev–Trinajstić information content (AvgIpc) is 2.34. The summed E-state index contributed by atoms with van der Waals surface area (Å²) in [4.78, 5) is 2.46. The maximum absolute atomic E-state index is 9.86. The van der Waals surface area contributed by atoms with Crippen molar-refractivity contribution in [3.63, 3.8) is 0 Å². The van der Waals surface area contributed by atoms with Crippen LogP contribution in [0.25, 0.3) is 0 Å². The van der Waals surface area contributed by atoms with Gasteiger partial charge in [0.25, 0.3) is 0 Å². The smallest absolute Gasteiger partial charge is 0.0592 e. The lowest BCUT2D eigenvalue weighted by atomic mass is 9.92. The molecule has 0 radical (unpaired) electrons. The highest BCUT2D eigenvalue weighted by Crippen LogP contribution is 2.21. The van der Waals surface area contributed by atoms with Gasteiger partial charge in [0.2, 0.25) is 0 Å². The van der Waals surface area contributed by atoms with Crippen molar-refractivity contribution in [2.24, 2.45) is 5.92 Å². The number of nitrogens with zero attached hydrogens (tertiary/aromatic N) is 1. The quantitative estimate of drug-likeness (QED) is 0.867. The van der Waals surface area contributed by atoms with Crippen LogP contribution in [0.3, 0.4) is 0 Å². The molecule has 2 atom stereocenters. The molecule has 2 unspecified atom stereocenters. The van der Waals surface area contributed by atoms with Gasteiger partial charge in [0.1, 0.15) is 0 Å². The summed E-state index contributed by atoms with van der Waals surface area (Å²) in [6.07, 6.45) is 1.91. The number of hydrogen-bond acceptors (Lipinski definition) is 2. The summed E-state index contributed by atoms with van der Waals surface area (Å²) < 4.78 is 0. The molecular weight excluding hydrogens is 210 g/mol. The van der Waals surface area contributed by atoms with Crippen molar-refractivity contribution in [2.45, 2.75) is 39.3 Å². The van der Waals surface area contributed by atoms with Gasteiger partial charge >= 0.3 is 0 Å². The molecule has 1 aliphatic heterocycles. The van der Waals surface area contributed by atoms with E-state index in [4.69, 9.17) is 0 Å². The van der Waals surface area contributed by atoms with Crippen LogP contribution < -0.4 is 0 Å². The summed E-state index contributed by atoms with van der Waals surface area (Å²) in [5.74, 6) is 0.453. The number of likely N-dealkylation sites (tertiary alicyclic amines) is 1. The lowest BCUT2D eigenvalue weighted by Crippen LogP contribution is -2.42. The van der Waals surface area contributed by atoms with Gasteiger partial charge in [0.05, 0.1) is 6.10 Å². The molecule has 1 saturated heterocycles. The monoisotopic (exact) mass is 233 g/mol. The van der Waals surface area contributed by atoms with E-state index in [0.29, 0.717) is 5.92 Å². The van der Waals surface area contributed by atoms with Crippen molar-refractivity contribution in [1.82, 2.24) is 4.90 Å². The third-order valence-corrected chi connectivity index (χ3v) is 3.83. The Bertz CT molecular complexity index is 346. The van der Waals surface area contributed by atoms with Crippen LogP contribution in [0.2, 0.25) is 0 Å². The summed E-state index contributed by atoms with van der Waals surface area (Å²) in [5.41, 5.74) is 2.69. The van der Waals surface area contributed by atoms with E-state index in [-0.39, 0.29) is 6.10 Å². The number of benzene rings is 1. The van der Waals surface area contributed by atoms with E-state index in [1.54, 1.807) is 0 Å². The SMILES string of the molecule is CCC1CN(Cc2ccc(C)cc2)CCC1O. The van der Waals surface area contributed by atoms with Gasteiger partial charge in [-0.25, -0.2) is 0 Å². The van der Waals surface area contributed by atoms with Crippen molar-refractivity contribution in [1.29, 1.82) is 0 Å². The zero-order chi connectivity index (χ0) is 12.3. The van der Waals surface area contributed by atoms with Gasteiger partial charge in [-0.1, -0.05) is 36.8 Å². The molecule has 1 fully saturated rings. The molecule has 0 bridgehead atoms. The number of aliphatic hydroxyl groups is 1. The third-order valence-electron chi connectivity index (χ3n) is 3.83. The Balaban J connectivity index is 1.93. The molecule has 1 aromatic rings. The van der Waals surface area contributed by atoms with Crippen LogP contribution in [0.5, 0.6) is 0 Å². The van der Waals surface area contributed by atoms with Gasteiger partial charge in [-0.3, -0.25) is 4.90 Å². The van der Waals surface area contributed by atoms with Gasteiger partial charge in [0.15, 0.2) is 0 Å². The zero-order valence-electron chi connectivity index (χ0n) is 10.9. The first-order chi connectivity index (χ1) is 8.19. The van der Waals surface area contributed by atoms with E-state index >= 15 is 0 Å². The van der Waals surface area contributed by atoms with Crippen LogP contribution >= 0.6 is 0 Å². The zero-order valence-corrected chi connectivity index (χ0v) is 10.9. The molecule has 2 heteroatoms. The van der Waals surface area contributed by atoms with E-state index in [1.165, 1.54) is 11.1 Å². The van der Waals surface area contributed by atoms with E-state index in [9.17, 15) is 5.11 Å². The Hall–Kier alpha value is -0.860. The van der Waals surface area contributed by atoms with Gasteiger partial charge in [-0.15, -0.1) is 0 Å². The fourth-order valence-corrected chi connectivity index (χ4v) is 2.59. The van der Waals surface area contributed by atoms with Crippen LogP contribution in [0.15, 0.2) is 24.3 Å². The summed E-state index contributed by atoms with van der Waals surface area (Å²) >= 11 is 0. The summed E-state index contributed by atoms with van der Waals surface area (Å²) in [7, 11) is 0. The molecule has 2 rings (SSSR count). The third kappa shape index (κ3) is 3.30. The van der Waals surface area contributed by atoms with Crippen molar-refractivity contribution < 1.29 is 5.11 Å². The molecule has 94 valence electrons. The molecule has 0 saturated carbocycles. The van der Waals surface area contributed by atoms with Gasteiger partial charge in [0, 0.05) is 19.6 Å². The van der Waals surface area contributed by atoms with E-state index < -0.39 is 0 Å². The molecule has 1 N–H and O–H groups in total.